The normalized spacial score (nSPS) is 11.4. The second-order valence-electron chi connectivity index (χ2n) is 6.70. The van der Waals surface area contributed by atoms with E-state index >= 15 is 0 Å². The van der Waals surface area contributed by atoms with Gasteiger partial charge in [-0.1, -0.05) is 48.5 Å². The minimum absolute atomic E-state index is 0.291. The molecule has 0 aliphatic rings. The molecule has 2 heterocycles. The van der Waals surface area contributed by atoms with Crippen molar-refractivity contribution in [2.24, 2.45) is 0 Å². The van der Waals surface area contributed by atoms with Crippen LogP contribution >= 0.6 is 0 Å². The SMILES string of the molecule is CCOC(=O)C(=Cc1cnn(-c2ccccc2)c1)c1nccn1Cc1ccccc1. The van der Waals surface area contributed by atoms with Crippen LogP contribution in [0.25, 0.3) is 17.3 Å². The van der Waals surface area contributed by atoms with Gasteiger partial charge in [-0.2, -0.15) is 5.10 Å². The van der Waals surface area contributed by atoms with Crippen LogP contribution in [0, 0.1) is 0 Å². The Morgan fingerprint density at radius 2 is 1.80 bits per heavy atom. The summed E-state index contributed by atoms with van der Waals surface area (Å²) < 4.78 is 9.02. The van der Waals surface area contributed by atoms with Crippen LogP contribution in [-0.4, -0.2) is 31.9 Å². The van der Waals surface area contributed by atoms with Crippen molar-refractivity contribution in [1.29, 1.82) is 0 Å². The van der Waals surface area contributed by atoms with Gasteiger partial charge in [0.25, 0.3) is 0 Å². The molecule has 4 rings (SSSR count). The first kappa shape index (κ1) is 19.4. The summed E-state index contributed by atoms with van der Waals surface area (Å²) in [5.41, 5.74) is 3.25. The summed E-state index contributed by atoms with van der Waals surface area (Å²) in [5.74, 6) is 0.148. The Bertz CT molecular complexity index is 1140. The van der Waals surface area contributed by atoms with Gasteiger partial charge in [0.05, 0.1) is 18.5 Å². The summed E-state index contributed by atoms with van der Waals surface area (Å²) in [6.07, 6.45) is 8.92. The Hall–Kier alpha value is -3.93. The van der Waals surface area contributed by atoms with Crippen LogP contribution in [0.2, 0.25) is 0 Å². The fourth-order valence-corrected chi connectivity index (χ4v) is 3.18. The van der Waals surface area contributed by atoms with E-state index < -0.39 is 5.97 Å². The van der Waals surface area contributed by atoms with Gasteiger partial charge < -0.3 is 9.30 Å². The maximum atomic E-state index is 12.8. The van der Waals surface area contributed by atoms with Crippen LogP contribution in [0.15, 0.2) is 85.5 Å². The van der Waals surface area contributed by atoms with Crippen LogP contribution in [0.4, 0.5) is 0 Å². The molecule has 4 aromatic rings. The molecule has 0 radical (unpaired) electrons. The van der Waals surface area contributed by atoms with Crippen molar-refractivity contribution < 1.29 is 9.53 Å². The average molecular weight is 398 g/mol. The number of imidazole rings is 1. The third-order valence-electron chi connectivity index (χ3n) is 4.58. The summed E-state index contributed by atoms with van der Waals surface area (Å²) in [6, 6.07) is 19.9. The first-order valence-corrected chi connectivity index (χ1v) is 9.79. The second-order valence-corrected chi connectivity index (χ2v) is 6.70. The molecule has 0 spiro atoms. The van der Waals surface area contributed by atoms with E-state index in [9.17, 15) is 4.79 Å². The van der Waals surface area contributed by atoms with Crippen molar-refractivity contribution in [2.75, 3.05) is 6.61 Å². The average Bonchev–Trinajstić information content (AvgIpc) is 3.43. The molecule has 0 aliphatic heterocycles. The van der Waals surface area contributed by atoms with E-state index in [2.05, 4.69) is 10.1 Å². The lowest BCUT2D eigenvalue weighted by molar-refractivity contribution is -0.136. The predicted octanol–water partition coefficient (Wildman–Crippen LogP) is 4.22. The lowest BCUT2D eigenvalue weighted by Crippen LogP contribution is -2.12. The molecule has 0 fully saturated rings. The van der Waals surface area contributed by atoms with Gasteiger partial charge in [0.1, 0.15) is 11.4 Å². The topological polar surface area (TPSA) is 61.9 Å². The third-order valence-corrected chi connectivity index (χ3v) is 4.58. The largest absolute Gasteiger partial charge is 0.462 e. The van der Waals surface area contributed by atoms with E-state index in [0.29, 0.717) is 24.5 Å². The molecule has 6 heteroatoms. The number of hydrogen-bond acceptors (Lipinski definition) is 4. The van der Waals surface area contributed by atoms with Gasteiger partial charge in [0.2, 0.25) is 0 Å². The summed E-state index contributed by atoms with van der Waals surface area (Å²) >= 11 is 0. The van der Waals surface area contributed by atoms with Gasteiger partial charge in [-0.3, -0.25) is 0 Å². The van der Waals surface area contributed by atoms with E-state index in [1.165, 1.54) is 0 Å². The number of hydrogen-bond donors (Lipinski definition) is 0. The molecular weight excluding hydrogens is 376 g/mol. The molecule has 0 unspecified atom stereocenters. The van der Waals surface area contributed by atoms with Crippen molar-refractivity contribution >= 4 is 17.6 Å². The smallest absolute Gasteiger partial charge is 0.341 e. The molecule has 2 aromatic carbocycles. The molecule has 150 valence electrons. The quantitative estimate of drug-likeness (QED) is 0.345. The highest BCUT2D eigenvalue weighted by Crippen LogP contribution is 2.20. The molecule has 0 aliphatic carbocycles. The molecule has 0 N–H and O–H groups in total. The van der Waals surface area contributed by atoms with Gasteiger partial charge in [0.15, 0.2) is 0 Å². The van der Waals surface area contributed by atoms with Crippen LogP contribution in [0.1, 0.15) is 23.9 Å². The Balaban J connectivity index is 1.69. The highest BCUT2D eigenvalue weighted by atomic mass is 16.5. The Labute approximate surface area is 175 Å². The Morgan fingerprint density at radius 1 is 1.07 bits per heavy atom. The fourth-order valence-electron chi connectivity index (χ4n) is 3.18. The molecule has 6 nitrogen and oxygen atoms in total. The van der Waals surface area contributed by atoms with Crippen molar-refractivity contribution in [2.45, 2.75) is 13.5 Å². The second kappa shape index (κ2) is 9.05. The monoisotopic (exact) mass is 398 g/mol. The summed E-state index contributed by atoms with van der Waals surface area (Å²) in [5, 5.41) is 4.41. The Kier molecular flexibility index (Phi) is 5.85. The first-order valence-electron chi connectivity index (χ1n) is 9.79. The Morgan fingerprint density at radius 3 is 2.53 bits per heavy atom. The number of esters is 1. The van der Waals surface area contributed by atoms with Crippen molar-refractivity contribution in [1.82, 2.24) is 19.3 Å². The maximum absolute atomic E-state index is 12.8. The zero-order valence-electron chi connectivity index (χ0n) is 16.7. The summed E-state index contributed by atoms with van der Waals surface area (Å²) in [4.78, 5) is 17.2. The molecule has 0 saturated heterocycles. The highest BCUT2D eigenvalue weighted by Gasteiger charge is 2.19. The van der Waals surface area contributed by atoms with E-state index in [0.717, 1.165) is 16.8 Å². The van der Waals surface area contributed by atoms with Crippen LogP contribution in [0.3, 0.4) is 0 Å². The fraction of sp³-hybridized carbons (Fsp3) is 0.125. The van der Waals surface area contributed by atoms with Crippen LogP contribution < -0.4 is 0 Å². The van der Waals surface area contributed by atoms with Crippen LogP contribution in [0.5, 0.6) is 0 Å². The number of nitrogens with zero attached hydrogens (tertiary/aromatic N) is 4. The number of aromatic nitrogens is 4. The lowest BCUT2D eigenvalue weighted by atomic mass is 10.1. The zero-order valence-corrected chi connectivity index (χ0v) is 16.7. The minimum Gasteiger partial charge on any atom is -0.462 e. The van der Waals surface area contributed by atoms with Crippen LogP contribution in [-0.2, 0) is 16.1 Å². The molecule has 0 atom stereocenters. The number of carbonyl (C=O) groups is 1. The van der Waals surface area contributed by atoms with Crippen molar-refractivity contribution in [3.8, 4) is 5.69 Å². The predicted molar refractivity (Wildman–Crippen MR) is 116 cm³/mol. The minimum atomic E-state index is -0.412. The zero-order chi connectivity index (χ0) is 20.8. The van der Waals surface area contributed by atoms with Gasteiger partial charge in [0, 0.05) is 30.7 Å². The lowest BCUT2D eigenvalue weighted by Gasteiger charge is -2.10. The summed E-state index contributed by atoms with van der Waals surface area (Å²) in [6.45, 7) is 2.69. The molecular formula is C24H22N4O2. The van der Waals surface area contributed by atoms with Crippen molar-refractivity contribution in [3.63, 3.8) is 0 Å². The molecule has 30 heavy (non-hydrogen) atoms. The van der Waals surface area contributed by atoms with Gasteiger partial charge in [-0.25, -0.2) is 14.5 Å². The highest BCUT2D eigenvalue weighted by molar-refractivity contribution is 6.20. The molecule has 2 aromatic heterocycles. The van der Waals surface area contributed by atoms with E-state index in [1.807, 2.05) is 77.6 Å². The summed E-state index contributed by atoms with van der Waals surface area (Å²) in [7, 11) is 0. The first-order chi connectivity index (χ1) is 14.7. The maximum Gasteiger partial charge on any atom is 0.341 e. The van der Waals surface area contributed by atoms with Gasteiger partial charge in [-0.05, 0) is 30.7 Å². The van der Waals surface area contributed by atoms with E-state index in [-0.39, 0.29) is 0 Å². The third kappa shape index (κ3) is 4.38. The molecule has 0 amide bonds. The standard InChI is InChI=1S/C24H22N4O2/c1-2-30-24(29)22(15-20-16-26-28(18-20)21-11-7-4-8-12-21)23-25-13-14-27(23)17-19-9-5-3-6-10-19/h3-16,18H,2,17H2,1H3. The van der Waals surface area contributed by atoms with Gasteiger partial charge >= 0.3 is 5.97 Å². The number of ether oxygens (including phenoxy) is 1. The van der Waals surface area contributed by atoms with E-state index in [1.54, 1.807) is 30.1 Å². The number of carbonyl (C=O) groups excluding carboxylic acids is 1. The number of benzene rings is 2. The van der Waals surface area contributed by atoms with Crippen molar-refractivity contribution in [3.05, 3.63) is 102 Å². The number of para-hydroxylation sites is 1. The molecule has 0 saturated carbocycles. The van der Waals surface area contributed by atoms with E-state index in [4.69, 9.17) is 4.74 Å². The number of rotatable bonds is 7. The molecule has 0 bridgehead atoms. The van der Waals surface area contributed by atoms with Gasteiger partial charge in [-0.15, -0.1) is 0 Å².